The maximum absolute atomic E-state index is 12.5. The molecule has 2 amide bonds. The third-order valence-corrected chi connectivity index (χ3v) is 5.36. The van der Waals surface area contributed by atoms with Crippen LogP contribution in [0.15, 0.2) is 24.3 Å². The molecule has 1 heterocycles. The number of benzene rings is 1. The predicted molar refractivity (Wildman–Crippen MR) is 97.8 cm³/mol. The van der Waals surface area contributed by atoms with Gasteiger partial charge < -0.3 is 19.6 Å². The number of carbonyl (C=O) groups is 2. The molecule has 142 valence electrons. The van der Waals surface area contributed by atoms with Crippen LogP contribution in [0.4, 0.5) is 0 Å². The van der Waals surface area contributed by atoms with Crippen molar-refractivity contribution < 1.29 is 19.4 Å². The van der Waals surface area contributed by atoms with Gasteiger partial charge in [0.2, 0.25) is 5.91 Å². The van der Waals surface area contributed by atoms with E-state index in [2.05, 4.69) is 0 Å². The van der Waals surface area contributed by atoms with Gasteiger partial charge in [-0.05, 0) is 31.4 Å². The summed E-state index contributed by atoms with van der Waals surface area (Å²) in [5, 5.41) is 10.2. The van der Waals surface area contributed by atoms with Gasteiger partial charge in [-0.15, -0.1) is 0 Å². The Bertz CT molecular complexity index is 642. The maximum atomic E-state index is 12.5. The third-order valence-electron chi connectivity index (χ3n) is 5.36. The van der Waals surface area contributed by atoms with Gasteiger partial charge in [-0.2, -0.15) is 0 Å². The molecule has 1 saturated carbocycles. The van der Waals surface area contributed by atoms with E-state index in [1.807, 2.05) is 30.0 Å². The number of hydrogen-bond donors (Lipinski definition) is 1. The lowest BCUT2D eigenvalue weighted by Crippen LogP contribution is -2.57. The summed E-state index contributed by atoms with van der Waals surface area (Å²) in [4.78, 5) is 28.3. The quantitative estimate of drug-likeness (QED) is 0.868. The molecule has 1 atom stereocenters. The molecule has 1 N–H and O–H groups in total. The maximum Gasteiger partial charge on any atom is 0.255 e. The molecule has 3 rings (SSSR count). The number of ether oxygens (including phenoxy) is 1. The molecule has 26 heavy (non-hydrogen) atoms. The Kier molecular flexibility index (Phi) is 6.14. The highest BCUT2D eigenvalue weighted by molar-refractivity contribution is 5.88. The smallest absolute Gasteiger partial charge is 0.255 e. The second-order valence-corrected chi connectivity index (χ2v) is 7.23. The lowest BCUT2D eigenvalue weighted by Gasteiger charge is -2.40. The molecule has 2 fully saturated rings. The minimum Gasteiger partial charge on any atom is -0.490 e. The number of para-hydroxylation sites is 1. The molecule has 0 bridgehead atoms. The number of carbonyl (C=O) groups excluding carboxylic acids is 2. The van der Waals surface area contributed by atoms with E-state index in [0.717, 1.165) is 18.4 Å². The Morgan fingerprint density at radius 2 is 1.96 bits per heavy atom. The number of aliphatic hydroxyl groups excluding tert-OH is 1. The van der Waals surface area contributed by atoms with Crippen LogP contribution in [-0.4, -0.2) is 65.1 Å². The number of amides is 2. The highest BCUT2D eigenvalue weighted by atomic mass is 16.5. The van der Waals surface area contributed by atoms with Crippen molar-refractivity contribution in [2.75, 3.05) is 26.2 Å². The molecule has 6 heteroatoms. The molecular weight excluding hydrogens is 332 g/mol. The van der Waals surface area contributed by atoms with Crippen LogP contribution < -0.4 is 4.74 Å². The van der Waals surface area contributed by atoms with Crippen molar-refractivity contribution in [3.8, 4) is 5.75 Å². The van der Waals surface area contributed by atoms with E-state index in [9.17, 15) is 14.7 Å². The van der Waals surface area contributed by atoms with E-state index < -0.39 is 12.0 Å². The van der Waals surface area contributed by atoms with Gasteiger partial charge in [0.05, 0.1) is 6.54 Å². The molecular formula is C20H28N2O4. The normalized spacial score (nSPS) is 20.2. The average molecular weight is 360 g/mol. The Hall–Kier alpha value is -2.08. The van der Waals surface area contributed by atoms with E-state index in [4.69, 9.17) is 4.74 Å². The number of aliphatic hydroxyl groups is 1. The first-order valence-corrected chi connectivity index (χ1v) is 9.51. The number of piperazine rings is 1. The molecule has 0 radical (unpaired) electrons. The summed E-state index contributed by atoms with van der Waals surface area (Å²) < 4.78 is 5.56. The fourth-order valence-corrected chi connectivity index (χ4v) is 3.82. The number of nitrogens with zero attached hydrogens (tertiary/aromatic N) is 2. The van der Waals surface area contributed by atoms with E-state index in [0.29, 0.717) is 24.9 Å². The molecule has 1 aromatic carbocycles. The summed E-state index contributed by atoms with van der Waals surface area (Å²) in [6.45, 7) is 2.88. The average Bonchev–Trinajstić information content (AvgIpc) is 2.67. The van der Waals surface area contributed by atoms with Crippen molar-refractivity contribution in [2.45, 2.75) is 51.2 Å². The van der Waals surface area contributed by atoms with Crippen molar-refractivity contribution in [1.82, 2.24) is 9.80 Å². The van der Waals surface area contributed by atoms with Crippen LogP contribution >= 0.6 is 0 Å². The van der Waals surface area contributed by atoms with Gasteiger partial charge in [0.1, 0.15) is 12.4 Å². The van der Waals surface area contributed by atoms with Crippen molar-refractivity contribution in [2.24, 2.45) is 0 Å². The van der Waals surface area contributed by atoms with Crippen LogP contribution in [0.2, 0.25) is 0 Å². The molecule has 0 aromatic heterocycles. The van der Waals surface area contributed by atoms with Gasteiger partial charge in [-0.25, -0.2) is 0 Å². The van der Waals surface area contributed by atoms with Crippen LogP contribution in [0.5, 0.6) is 5.75 Å². The highest BCUT2D eigenvalue weighted by Crippen LogP contribution is 2.24. The van der Waals surface area contributed by atoms with Crippen molar-refractivity contribution in [3.05, 3.63) is 29.8 Å². The van der Waals surface area contributed by atoms with Crippen molar-refractivity contribution >= 4 is 11.8 Å². The minimum absolute atomic E-state index is 0.0106. The van der Waals surface area contributed by atoms with Crippen molar-refractivity contribution in [3.63, 3.8) is 0 Å². The van der Waals surface area contributed by atoms with E-state index in [1.165, 1.54) is 24.2 Å². The van der Waals surface area contributed by atoms with E-state index in [1.54, 1.807) is 6.07 Å². The topological polar surface area (TPSA) is 70.1 Å². The van der Waals surface area contributed by atoms with Crippen LogP contribution in [-0.2, 0) is 9.59 Å². The standard InChI is InChI=1S/C20H28N2O4/c1-15-7-5-6-10-18(15)26-14-17(23)20(25)21-11-12-22(19(24)13-21)16-8-3-2-4-9-16/h5-7,10,16-17,23H,2-4,8-9,11-14H2,1H3. The number of hydrogen-bond acceptors (Lipinski definition) is 4. The van der Waals surface area contributed by atoms with Crippen LogP contribution in [0, 0.1) is 6.92 Å². The lowest BCUT2D eigenvalue weighted by atomic mass is 9.93. The highest BCUT2D eigenvalue weighted by Gasteiger charge is 2.34. The summed E-state index contributed by atoms with van der Waals surface area (Å²) in [5.74, 6) is 0.205. The fraction of sp³-hybridized carbons (Fsp3) is 0.600. The van der Waals surface area contributed by atoms with Crippen LogP contribution in [0.1, 0.15) is 37.7 Å². The molecule has 1 unspecified atom stereocenters. The Labute approximate surface area is 154 Å². The predicted octanol–water partition coefficient (Wildman–Crippen LogP) is 1.74. The van der Waals surface area contributed by atoms with Crippen molar-refractivity contribution in [1.29, 1.82) is 0 Å². The van der Waals surface area contributed by atoms with Gasteiger partial charge in [0.25, 0.3) is 5.91 Å². The number of rotatable bonds is 5. The summed E-state index contributed by atoms with van der Waals surface area (Å²) in [6.07, 6.45) is 4.46. The molecule has 0 spiro atoms. The zero-order valence-corrected chi connectivity index (χ0v) is 15.4. The Morgan fingerprint density at radius 1 is 1.23 bits per heavy atom. The molecule has 1 aliphatic heterocycles. The van der Waals surface area contributed by atoms with Gasteiger partial charge in [0.15, 0.2) is 6.10 Å². The van der Waals surface area contributed by atoms with Gasteiger partial charge in [0, 0.05) is 19.1 Å². The zero-order valence-electron chi connectivity index (χ0n) is 15.4. The SMILES string of the molecule is Cc1ccccc1OCC(O)C(=O)N1CCN(C2CCCCC2)C(=O)C1. The van der Waals surface area contributed by atoms with E-state index >= 15 is 0 Å². The lowest BCUT2D eigenvalue weighted by molar-refractivity contribution is -0.153. The molecule has 1 saturated heterocycles. The van der Waals surface area contributed by atoms with Gasteiger partial charge >= 0.3 is 0 Å². The molecule has 1 aliphatic carbocycles. The number of aryl methyl sites for hydroxylation is 1. The first-order valence-electron chi connectivity index (χ1n) is 9.51. The fourth-order valence-electron chi connectivity index (χ4n) is 3.82. The summed E-state index contributed by atoms with van der Waals surface area (Å²) in [5.41, 5.74) is 0.948. The van der Waals surface area contributed by atoms with Gasteiger partial charge in [-0.1, -0.05) is 37.5 Å². The zero-order chi connectivity index (χ0) is 18.5. The summed E-state index contributed by atoms with van der Waals surface area (Å²) in [6, 6.07) is 7.79. The second-order valence-electron chi connectivity index (χ2n) is 7.23. The van der Waals surface area contributed by atoms with E-state index in [-0.39, 0.29) is 19.1 Å². The molecule has 6 nitrogen and oxygen atoms in total. The molecule has 1 aromatic rings. The summed E-state index contributed by atoms with van der Waals surface area (Å²) in [7, 11) is 0. The van der Waals surface area contributed by atoms with Crippen LogP contribution in [0.3, 0.4) is 0 Å². The molecule has 2 aliphatic rings. The first kappa shape index (κ1) is 18.7. The minimum atomic E-state index is -1.26. The monoisotopic (exact) mass is 360 g/mol. The third kappa shape index (κ3) is 4.36. The first-order chi connectivity index (χ1) is 12.6. The Balaban J connectivity index is 1.50. The largest absolute Gasteiger partial charge is 0.490 e. The Morgan fingerprint density at radius 3 is 2.65 bits per heavy atom. The second kappa shape index (κ2) is 8.54. The summed E-state index contributed by atoms with van der Waals surface area (Å²) >= 11 is 0. The van der Waals surface area contributed by atoms with Gasteiger partial charge in [-0.3, -0.25) is 9.59 Å². The van der Waals surface area contributed by atoms with Crippen LogP contribution in [0.25, 0.3) is 0 Å².